The number of rotatable bonds is 1. The number of hydrogen-bond acceptors (Lipinski definition) is 5. The standard InChI is InChI=1S/C5H3N3OS/c6-3-4-1-2-7-8-5(4)9-10/h1-2,10H. The zero-order valence-corrected chi connectivity index (χ0v) is 5.75. The average Bonchev–Trinajstić information content (AvgIpc) is 2.04. The number of hydrogen-bond donors (Lipinski definition) is 1. The minimum absolute atomic E-state index is 0.133. The highest BCUT2D eigenvalue weighted by molar-refractivity contribution is 7.75. The van der Waals surface area contributed by atoms with Crippen LogP contribution in [0.4, 0.5) is 0 Å². The fraction of sp³-hybridized carbons (Fsp3) is 0. The van der Waals surface area contributed by atoms with Crippen LogP contribution in [0.25, 0.3) is 0 Å². The first-order chi connectivity index (χ1) is 4.88. The van der Waals surface area contributed by atoms with E-state index in [2.05, 4.69) is 27.3 Å². The first-order valence-electron chi connectivity index (χ1n) is 2.41. The summed E-state index contributed by atoms with van der Waals surface area (Å²) in [5.74, 6) is 0.133. The van der Waals surface area contributed by atoms with Crippen LogP contribution in [0, 0.1) is 11.3 Å². The van der Waals surface area contributed by atoms with Crippen molar-refractivity contribution < 1.29 is 4.18 Å². The van der Waals surface area contributed by atoms with E-state index < -0.39 is 0 Å². The van der Waals surface area contributed by atoms with E-state index in [1.165, 1.54) is 12.3 Å². The number of aromatic nitrogens is 2. The van der Waals surface area contributed by atoms with Crippen LogP contribution in [-0.2, 0) is 0 Å². The van der Waals surface area contributed by atoms with Gasteiger partial charge < -0.3 is 4.18 Å². The summed E-state index contributed by atoms with van der Waals surface area (Å²) in [6.07, 6.45) is 1.41. The van der Waals surface area contributed by atoms with Crippen molar-refractivity contribution >= 4 is 12.9 Å². The molecule has 0 aliphatic carbocycles. The average molecular weight is 153 g/mol. The van der Waals surface area contributed by atoms with Crippen molar-refractivity contribution in [2.45, 2.75) is 0 Å². The van der Waals surface area contributed by atoms with E-state index in [0.717, 1.165) is 0 Å². The third kappa shape index (κ3) is 1.17. The van der Waals surface area contributed by atoms with Gasteiger partial charge in [0.1, 0.15) is 11.6 Å². The molecule has 0 aliphatic heterocycles. The molecule has 0 saturated heterocycles. The van der Waals surface area contributed by atoms with Crippen molar-refractivity contribution in [1.29, 1.82) is 5.26 Å². The van der Waals surface area contributed by atoms with Crippen LogP contribution >= 0.6 is 12.9 Å². The second-order valence-electron chi connectivity index (χ2n) is 1.45. The van der Waals surface area contributed by atoms with Crippen molar-refractivity contribution in [1.82, 2.24) is 10.2 Å². The molecule has 1 heterocycles. The fourth-order valence-corrected chi connectivity index (χ4v) is 0.606. The molecule has 0 amide bonds. The molecule has 5 heteroatoms. The van der Waals surface area contributed by atoms with Gasteiger partial charge in [-0.2, -0.15) is 10.4 Å². The lowest BCUT2D eigenvalue weighted by Crippen LogP contribution is -1.88. The third-order valence-electron chi connectivity index (χ3n) is 0.894. The molecule has 10 heavy (non-hydrogen) atoms. The molecule has 0 spiro atoms. The van der Waals surface area contributed by atoms with Crippen LogP contribution in [0.15, 0.2) is 12.3 Å². The molecule has 1 aromatic rings. The molecular weight excluding hydrogens is 150 g/mol. The largest absolute Gasteiger partial charge is 0.406 e. The summed E-state index contributed by atoms with van der Waals surface area (Å²) in [6, 6.07) is 3.37. The van der Waals surface area contributed by atoms with Crippen LogP contribution in [0.3, 0.4) is 0 Å². The zero-order valence-electron chi connectivity index (χ0n) is 4.85. The molecule has 50 valence electrons. The quantitative estimate of drug-likeness (QED) is 0.473. The Labute approximate surface area is 63.1 Å². The normalized spacial score (nSPS) is 8.40. The molecule has 0 aliphatic rings. The Morgan fingerprint density at radius 3 is 3.00 bits per heavy atom. The molecule has 1 rings (SSSR count). The van der Waals surface area contributed by atoms with Crippen molar-refractivity contribution in [3.05, 3.63) is 17.8 Å². The molecule has 0 saturated carbocycles. The van der Waals surface area contributed by atoms with Crippen LogP contribution < -0.4 is 4.18 Å². The van der Waals surface area contributed by atoms with Crippen LogP contribution in [0.1, 0.15) is 5.56 Å². The molecular formula is C5H3N3OS. The summed E-state index contributed by atoms with van der Waals surface area (Å²) in [6.45, 7) is 0. The Morgan fingerprint density at radius 2 is 2.50 bits per heavy atom. The maximum atomic E-state index is 8.42. The molecule has 1 aromatic heterocycles. The first kappa shape index (κ1) is 6.83. The summed E-state index contributed by atoms with van der Waals surface area (Å²) in [4.78, 5) is 0. The minimum atomic E-state index is 0.133. The summed E-state index contributed by atoms with van der Waals surface area (Å²) >= 11 is 3.48. The molecule has 0 unspecified atom stereocenters. The minimum Gasteiger partial charge on any atom is -0.406 e. The number of nitrogens with zero attached hydrogens (tertiary/aromatic N) is 3. The Morgan fingerprint density at radius 1 is 1.70 bits per heavy atom. The van der Waals surface area contributed by atoms with Crippen molar-refractivity contribution in [3.8, 4) is 11.9 Å². The van der Waals surface area contributed by atoms with Gasteiger partial charge in [-0.15, -0.1) is 5.10 Å². The van der Waals surface area contributed by atoms with Gasteiger partial charge in [-0.05, 0) is 6.07 Å². The van der Waals surface area contributed by atoms with Gasteiger partial charge in [-0.1, -0.05) is 0 Å². The lowest BCUT2D eigenvalue weighted by atomic mass is 10.3. The molecule has 4 nitrogen and oxygen atoms in total. The van der Waals surface area contributed by atoms with E-state index in [-0.39, 0.29) is 5.88 Å². The van der Waals surface area contributed by atoms with Gasteiger partial charge in [-0.25, -0.2) is 0 Å². The molecule has 0 bridgehead atoms. The maximum Gasteiger partial charge on any atom is 0.264 e. The highest BCUT2D eigenvalue weighted by atomic mass is 32.1. The first-order valence-corrected chi connectivity index (χ1v) is 2.78. The van der Waals surface area contributed by atoms with Crippen LogP contribution in [0.5, 0.6) is 5.88 Å². The van der Waals surface area contributed by atoms with Gasteiger partial charge in [0.15, 0.2) is 0 Å². The van der Waals surface area contributed by atoms with Gasteiger partial charge in [0.25, 0.3) is 5.88 Å². The second kappa shape index (κ2) is 3.03. The topological polar surface area (TPSA) is 58.8 Å². The van der Waals surface area contributed by atoms with E-state index in [1.807, 2.05) is 6.07 Å². The predicted molar refractivity (Wildman–Crippen MR) is 36.4 cm³/mol. The van der Waals surface area contributed by atoms with E-state index in [1.54, 1.807) is 0 Å². The lowest BCUT2D eigenvalue weighted by Gasteiger charge is -1.93. The van der Waals surface area contributed by atoms with Gasteiger partial charge in [0.2, 0.25) is 0 Å². The predicted octanol–water partition coefficient (Wildman–Crippen LogP) is 0.572. The highest BCUT2D eigenvalue weighted by Gasteiger charge is 2.00. The highest BCUT2D eigenvalue weighted by Crippen LogP contribution is 2.11. The molecule has 0 N–H and O–H groups in total. The molecule has 0 radical (unpaired) electrons. The third-order valence-corrected chi connectivity index (χ3v) is 1.07. The monoisotopic (exact) mass is 153 g/mol. The van der Waals surface area contributed by atoms with Gasteiger partial charge >= 0.3 is 0 Å². The van der Waals surface area contributed by atoms with Gasteiger partial charge in [0, 0.05) is 12.9 Å². The molecule has 0 aromatic carbocycles. The Kier molecular flexibility index (Phi) is 2.07. The van der Waals surface area contributed by atoms with Crippen molar-refractivity contribution in [2.24, 2.45) is 0 Å². The van der Waals surface area contributed by atoms with Crippen LogP contribution in [0.2, 0.25) is 0 Å². The smallest absolute Gasteiger partial charge is 0.264 e. The SMILES string of the molecule is N#Cc1ccnnc1OS. The van der Waals surface area contributed by atoms with Gasteiger partial charge in [-0.3, -0.25) is 0 Å². The Balaban J connectivity index is 3.12. The zero-order chi connectivity index (χ0) is 7.40. The summed E-state index contributed by atoms with van der Waals surface area (Å²) in [5.41, 5.74) is 0.324. The molecule has 0 atom stereocenters. The van der Waals surface area contributed by atoms with E-state index in [0.29, 0.717) is 5.56 Å². The summed E-state index contributed by atoms with van der Waals surface area (Å²) < 4.78 is 4.43. The Bertz CT molecular complexity index is 270. The fourth-order valence-electron chi connectivity index (χ4n) is 0.471. The van der Waals surface area contributed by atoms with Crippen molar-refractivity contribution in [3.63, 3.8) is 0 Å². The lowest BCUT2D eigenvalue weighted by molar-refractivity contribution is 0.608. The maximum absolute atomic E-state index is 8.42. The second-order valence-corrected chi connectivity index (χ2v) is 1.64. The van der Waals surface area contributed by atoms with Crippen LogP contribution in [-0.4, -0.2) is 10.2 Å². The van der Waals surface area contributed by atoms with E-state index in [9.17, 15) is 0 Å². The molecule has 0 fully saturated rings. The van der Waals surface area contributed by atoms with Crippen molar-refractivity contribution in [2.75, 3.05) is 0 Å². The van der Waals surface area contributed by atoms with E-state index >= 15 is 0 Å². The summed E-state index contributed by atoms with van der Waals surface area (Å²) in [7, 11) is 0. The number of nitriles is 1. The Hall–Kier alpha value is -1.28. The van der Waals surface area contributed by atoms with E-state index in [4.69, 9.17) is 5.26 Å². The summed E-state index contributed by atoms with van der Waals surface area (Å²) in [5, 5.41) is 15.4. The van der Waals surface area contributed by atoms with Gasteiger partial charge in [0.05, 0.1) is 6.20 Å². The number of thiol groups is 1.